The summed E-state index contributed by atoms with van der Waals surface area (Å²) in [4.78, 5) is 22.0. The van der Waals surface area contributed by atoms with Crippen molar-refractivity contribution in [3.63, 3.8) is 0 Å². The number of anilines is 1. The molecule has 9 heteroatoms. The minimum Gasteiger partial charge on any atom is -0.345 e. The lowest BCUT2D eigenvalue weighted by molar-refractivity contribution is -0.136. The number of nitrogens with zero attached hydrogens (tertiary/aromatic N) is 4. The van der Waals surface area contributed by atoms with Crippen LogP contribution in [0.1, 0.15) is 30.4 Å². The molecule has 0 radical (unpaired) electrons. The van der Waals surface area contributed by atoms with Crippen molar-refractivity contribution in [2.45, 2.75) is 39.2 Å². The van der Waals surface area contributed by atoms with Crippen LogP contribution in [0.3, 0.4) is 0 Å². The molecule has 1 aromatic heterocycles. The Balaban J connectivity index is 1.46. The predicted molar refractivity (Wildman–Crippen MR) is 117 cm³/mol. The van der Waals surface area contributed by atoms with Crippen LogP contribution in [0.5, 0.6) is 0 Å². The summed E-state index contributed by atoms with van der Waals surface area (Å²) in [5.74, 6) is -0.0502. The molecule has 1 aromatic carbocycles. The van der Waals surface area contributed by atoms with Gasteiger partial charge in [0.1, 0.15) is 6.04 Å². The molecule has 1 atom stereocenters. The zero-order valence-corrected chi connectivity index (χ0v) is 18.9. The molecule has 3 heterocycles. The van der Waals surface area contributed by atoms with Crippen LogP contribution in [0.15, 0.2) is 12.1 Å². The van der Waals surface area contributed by atoms with Gasteiger partial charge in [-0.1, -0.05) is 29.9 Å². The number of aryl methyl sites for hydroxylation is 2. The standard InChI is InChI=1S/C20H28N4O3S2/c1-14-7-8-15(2)18-17(14)21-20(28-18)23-12-10-22(11-13-23)19(25)16-6-4-5-9-24(16)29(3,26)27/h7-8,16H,4-6,9-13H2,1-3H3/t16-/m0/s1. The van der Waals surface area contributed by atoms with Crippen LogP contribution in [0.25, 0.3) is 10.2 Å². The number of aromatic nitrogens is 1. The fourth-order valence-corrected chi connectivity index (χ4v) is 6.54. The highest BCUT2D eigenvalue weighted by atomic mass is 32.2. The Kier molecular flexibility index (Phi) is 5.56. The molecule has 0 spiro atoms. The number of rotatable bonds is 3. The van der Waals surface area contributed by atoms with Crippen LogP contribution in [0.4, 0.5) is 5.13 Å². The summed E-state index contributed by atoms with van der Waals surface area (Å²) in [7, 11) is -3.37. The van der Waals surface area contributed by atoms with Gasteiger partial charge in [0.25, 0.3) is 0 Å². The molecule has 7 nitrogen and oxygen atoms in total. The number of hydrogen-bond acceptors (Lipinski definition) is 6. The van der Waals surface area contributed by atoms with Crippen LogP contribution < -0.4 is 4.90 Å². The molecule has 2 aliphatic heterocycles. The van der Waals surface area contributed by atoms with Crippen molar-refractivity contribution < 1.29 is 13.2 Å². The molecule has 2 aromatic rings. The van der Waals surface area contributed by atoms with Crippen LogP contribution in [-0.2, 0) is 14.8 Å². The summed E-state index contributed by atoms with van der Waals surface area (Å²) < 4.78 is 26.8. The molecule has 1 amide bonds. The van der Waals surface area contributed by atoms with Crippen molar-refractivity contribution in [2.75, 3.05) is 43.9 Å². The van der Waals surface area contributed by atoms with E-state index in [0.29, 0.717) is 26.1 Å². The maximum Gasteiger partial charge on any atom is 0.241 e. The summed E-state index contributed by atoms with van der Waals surface area (Å²) in [5.41, 5.74) is 3.48. The summed E-state index contributed by atoms with van der Waals surface area (Å²) in [6.45, 7) is 7.27. The topological polar surface area (TPSA) is 73.8 Å². The lowest BCUT2D eigenvalue weighted by atomic mass is 10.0. The molecular weight excluding hydrogens is 408 g/mol. The maximum absolute atomic E-state index is 13.1. The molecule has 0 unspecified atom stereocenters. The Bertz CT molecular complexity index is 987. The van der Waals surface area contributed by atoms with Crippen molar-refractivity contribution in [2.24, 2.45) is 0 Å². The van der Waals surface area contributed by atoms with Gasteiger partial charge >= 0.3 is 0 Å². The van der Waals surface area contributed by atoms with Crippen molar-refractivity contribution in [1.82, 2.24) is 14.2 Å². The first-order valence-electron chi connectivity index (χ1n) is 10.1. The molecule has 0 aliphatic carbocycles. The fourth-order valence-electron chi connectivity index (χ4n) is 4.26. The normalized spacial score (nSPS) is 21.7. The van der Waals surface area contributed by atoms with Crippen molar-refractivity contribution in [3.05, 3.63) is 23.3 Å². The van der Waals surface area contributed by atoms with Crippen molar-refractivity contribution in [3.8, 4) is 0 Å². The van der Waals surface area contributed by atoms with E-state index in [4.69, 9.17) is 4.98 Å². The van der Waals surface area contributed by atoms with Gasteiger partial charge in [0.05, 0.1) is 16.5 Å². The Morgan fingerprint density at radius 2 is 1.76 bits per heavy atom. The van der Waals surface area contributed by atoms with Gasteiger partial charge in [0.15, 0.2) is 5.13 Å². The number of hydrogen-bond donors (Lipinski definition) is 0. The van der Waals surface area contributed by atoms with Crippen LogP contribution in [0, 0.1) is 13.8 Å². The van der Waals surface area contributed by atoms with Crippen molar-refractivity contribution >= 4 is 42.6 Å². The minimum absolute atomic E-state index is 0.0502. The smallest absolute Gasteiger partial charge is 0.241 e. The van der Waals surface area contributed by atoms with Gasteiger partial charge < -0.3 is 9.80 Å². The van der Waals surface area contributed by atoms with Gasteiger partial charge in [0, 0.05) is 32.7 Å². The molecule has 0 saturated carbocycles. The molecule has 2 fully saturated rings. The third-order valence-corrected chi connectivity index (χ3v) is 8.50. The van der Waals surface area contributed by atoms with Crippen molar-refractivity contribution in [1.29, 1.82) is 0 Å². The average molecular weight is 437 g/mol. The summed E-state index contributed by atoms with van der Waals surface area (Å²) >= 11 is 1.71. The predicted octanol–water partition coefficient (Wildman–Crippen LogP) is 2.38. The van der Waals surface area contributed by atoms with Gasteiger partial charge in [0.2, 0.25) is 15.9 Å². The Morgan fingerprint density at radius 1 is 1.07 bits per heavy atom. The quantitative estimate of drug-likeness (QED) is 0.739. The van der Waals surface area contributed by atoms with Gasteiger partial charge in [-0.05, 0) is 37.8 Å². The van der Waals surface area contributed by atoms with Crippen LogP contribution >= 0.6 is 11.3 Å². The van der Waals surface area contributed by atoms with Gasteiger partial charge in [-0.15, -0.1) is 0 Å². The van der Waals surface area contributed by atoms with E-state index in [9.17, 15) is 13.2 Å². The number of fused-ring (bicyclic) bond motifs is 1. The number of carbonyl (C=O) groups excluding carboxylic acids is 1. The fraction of sp³-hybridized carbons (Fsp3) is 0.600. The molecular formula is C20H28N4O3S2. The summed E-state index contributed by atoms with van der Waals surface area (Å²) in [6, 6.07) is 3.70. The highest BCUT2D eigenvalue weighted by molar-refractivity contribution is 7.88. The van der Waals surface area contributed by atoms with Gasteiger partial charge in [-0.25, -0.2) is 13.4 Å². The van der Waals surface area contributed by atoms with E-state index in [1.807, 2.05) is 4.90 Å². The molecule has 158 valence electrons. The number of piperazine rings is 1. The van der Waals surface area contributed by atoms with Gasteiger partial charge in [-0.2, -0.15) is 4.31 Å². The molecule has 4 rings (SSSR count). The number of amides is 1. The zero-order valence-electron chi connectivity index (χ0n) is 17.2. The number of thiazole rings is 1. The largest absolute Gasteiger partial charge is 0.345 e. The van der Waals surface area contributed by atoms with E-state index in [1.54, 1.807) is 11.3 Å². The van der Waals surface area contributed by atoms with E-state index in [1.165, 1.54) is 26.4 Å². The monoisotopic (exact) mass is 436 g/mol. The van der Waals surface area contributed by atoms with Crippen LogP contribution in [0.2, 0.25) is 0 Å². The zero-order chi connectivity index (χ0) is 20.8. The maximum atomic E-state index is 13.1. The second kappa shape index (κ2) is 7.85. The summed E-state index contributed by atoms with van der Waals surface area (Å²) in [6.07, 6.45) is 3.53. The number of benzene rings is 1. The molecule has 0 bridgehead atoms. The first-order valence-corrected chi connectivity index (χ1v) is 12.8. The third kappa shape index (κ3) is 4.00. The SMILES string of the molecule is Cc1ccc(C)c2sc(N3CCN(C(=O)[C@@H]4CCCCN4S(C)(=O)=O)CC3)nc12. The molecule has 2 aliphatic rings. The van der Waals surface area contributed by atoms with E-state index in [0.717, 1.165) is 36.6 Å². The van der Waals surface area contributed by atoms with Crippen LogP contribution in [-0.4, -0.2) is 73.5 Å². The van der Waals surface area contributed by atoms with E-state index < -0.39 is 16.1 Å². The van der Waals surface area contributed by atoms with E-state index in [-0.39, 0.29) is 5.91 Å². The number of carbonyl (C=O) groups is 1. The molecule has 29 heavy (non-hydrogen) atoms. The van der Waals surface area contributed by atoms with E-state index >= 15 is 0 Å². The lowest BCUT2D eigenvalue weighted by Crippen LogP contribution is -2.57. The number of piperidine rings is 1. The van der Waals surface area contributed by atoms with Gasteiger partial charge in [-0.3, -0.25) is 4.79 Å². The Labute approximate surface area is 176 Å². The first kappa shape index (κ1) is 20.6. The Hall–Kier alpha value is -1.71. The lowest BCUT2D eigenvalue weighted by Gasteiger charge is -2.39. The number of sulfonamides is 1. The molecule has 2 saturated heterocycles. The third-order valence-electron chi connectivity index (χ3n) is 5.96. The highest BCUT2D eigenvalue weighted by Gasteiger charge is 2.37. The second-order valence-corrected chi connectivity index (χ2v) is 11.0. The van der Waals surface area contributed by atoms with E-state index in [2.05, 4.69) is 30.9 Å². The highest BCUT2D eigenvalue weighted by Crippen LogP contribution is 2.33. The second-order valence-electron chi connectivity index (χ2n) is 8.07. The Morgan fingerprint density at radius 3 is 2.41 bits per heavy atom. The molecule has 0 N–H and O–H groups in total. The average Bonchev–Trinajstić information content (AvgIpc) is 3.17. The minimum atomic E-state index is -3.37. The first-order chi connectivity index (χ1) is 13.8. The summed E-state index contributed by atoms with van der Waals surface area (Å²) in [5, 5.41) is 1.000.